The van der Waals surface area contributed by atoms with Crippen molar-refractivity contribution in [3.05, 3.63) is 16.1 Å². The van der Waals surface area contributed by atoms with Crippen LogP contribution < -0.4 is 5.73 Å². The number of hydrogen-bond donors (Lipinski definition) is 1. The van der Waals surface area contributed by atoms with E-state index in [0.29, 0.717) is 12.1 Å². The summed E-state index contributed by atoms with van der Waals surface area (Å²) in [5, 5.41) is 1.16. The van der Waals surface area contributed by atoms with E-state index in [9.17, 15) is 0 Å². The zero-order valence-corrected chi connectivity index (χ0v) is 11.0. The molecule has 2 rings (SSSR count). The second kappa shape index (κ2) is 5.25. The molecule has 16 heavy (non-hydrogen) atoms. The molecule has 0 spiro atoms. The van der Waals surface area contributed by atoms with Crippen LogP contribution in [0.25, 0.3) is 0 Å². The molecule has 1 heterocycles. The van der Waals surface area contributed by atoms with E-state index in [4.69, 9.17) is 5.73 Å². The SMILES string of the molecule is Cc1ncc(CN(C)C2CCC(N)CC2)s1. The van der Waals surface area contributed by atoms with E-state index in [1.807, 2.05) is 6.20 Å². The molecule has 0 atom stereocenters. The van der Waals surface area contributed by atoms with Crippen LogP contribution in [0.5, 0.6) is 0 Å². The third-order valence-corrected chi connectivity index (χ3v) is 4.34. The molecular weight excluding hydrogens is 218 g/mol. The van der Waals surface area contributed by atoms with Crippen LogP contribution >= 0.6 is 11.3 Å². The summed E-state index contributed by atoms with van der Waals surface area (Å²) >= 11 is 1.80. The lowest BCUT2D eigenvalue weighted by atomic mass is 9.91. The van der Waals surface area contributed by atoms with Crippen LogP contribution in [0, 0.1) is 6.92 Å². The highest BCUT2D eigenvalue weighted by Gasteiger charge is 2.22. The maximum Gasteiger partial charge on any atom is 0.0897 e. The normalized spacial score (nSPS) is 26.2. The molecule has 0 saturated heterocycles. The minimum atomic E-state index is 0.440. The van der Waals surface area contributed by atoms with Gasteiger partial charge in [0.1, 0.15) is 0 Å². The first-order valence-electron chi connectivity index (χ1n) is 6.02. The molecule has 0 aliphatic heterocycles. The third kappa shape index (κ3) is 3.03. The summed E-state index contributed by atoms with van der Waals surface area (Å²) in [4.78, 5) is 8.13. The van der Waals surface area contributed by atoms with Crippen LogP contribution in [0.2, 0.25) is 0 Å². The smallest absolute Gasteiger partial charge is 0.0897 e. The van der Waals surface area contributed by atoms with Gasteiger partial charge in [0.15, 0.2) is 0 Å². The van der Waals surface area contributed by atoms with Gasteiger partial charge in [-0.3, -0.25) is 4.90 Å². The number of nitrogens with two attached hydrogens (primary N) is 1. The Kier molecular flexibility index (Phi) is 3.95. The first-order valence-corrected chi connectivity index (χ1v) is 6.84. The molecule has 0 bridgehead atoms. The fourth-order valence-electron chi connectivity index (χ4n) is 2.40. The standard InChI is InChI=1S/C12H21N3S/c1-9-14-7-12(16-9)8-15(2)11-5-3-10(13)4-6-11/h7,10-11H,3-6,8,13H2,1-2H3. The Balaban J connectivity index is 1.85. The molecule has 1 aromatic heterocycles. The molecule has 0 amide bonds. The Morgan fingerprint density at radius 3 is 2.69 bits per heavy atom. The van der Waals surface area contributed by atoms with E-state index in [1.165, 1.54) is 30.6 Å². The van der Waals surface area contributed by atoms with E-state index in [1.54, 1.807) is 11.3 Å². The summed E-state index contributed by atoms with van der Waals surface area (Å²) in [6, 6.07) is 1.15. The third-order valence-electron chi connectivity index (χ3n) is 3.44. The lowest BCUT2D eigenvalue weighted by Gasteiger charge is -2.33. The fraction of sp³-hybridized carbons (Fsp3) is 0.750. The second-order valence-corrected chi connectivity index (χ2v) is 6.15. The predicted molar refractivity (Wildman–Crippen MR) is 68.5 cm³/mol. The van der Waals surface area contributed by atoms with Crippen molar-refractivity contribution in [2.75, 3.05) is 7.05 Å². The Labute approximate surface area is 102 Å². The summed E-state index contributed by atoms with van der Waals surface area (Å²) in [7, 11) is 2.22. The average Bonchev–Trinajstić information content (AvgIpc) is 2.65. The quantitative estimate of drug-likeness (QED) is 0.879. The van der Waals surface area contributed by atoms with Gasteiger partial charge in [0.2, 0.25) is 0 Å². The second-order valence-electron chi connectivity index (χ2n) is 4.83. The number of rotatable bonds is 3. The van der Waals surface area contributed by atoms with Crippen LogP contribution in [-0.4, -0.2) is 29.0 Å². The summed E-state index contributed by atoms with van der Waals surface area (Å²) in [6.07, 6.45) is 6.85. The molecule has 1 aromatic rings. The average molecular weight is 239 g/mol. The Bertz CT molecular complexity index is 329. The monoisotopic (exact) mass is 239 g/mol. The molecule has 0 aromatic carbocycles. The van der Waals surface area contributed by atoms with E-state index < -0.39 is 0 Å². The van der Waals surface area contributed by atoms with Crippen LogP contribution in [0.4, 0.5) is 0 Å². The van der Waals surface area contributed by atoms with Crippen molar-refractivity contribution in [2.45, 2.75) is 51.2 Å². The lowest BCUT2D eigenvalue weighted by molar-refractivity contribution is 0.177. The van der Waals surface area contributed by atoms with Crippen molar-refractivity contribution in [2.24, 2.45) is 5.73 Å². The Morgan fingerprint density at radius 1 is 1.44 bits per heavy atom. The maximum absolute atomic E-state index is 5.93. The molecule has 1 saturated carbocycles. The van der Waals surface area contributed by atoms with Gasteiger partial charge in [-0.15, -0.1) is 11.3 Å². The zero-order valence-electron chi connectivity index (χ0n) is 10.1. The summed E-state index contributed by atoms with van der Waals surface area (Å²) in [5.74, 6) is 0. The minimum Gasteiger partial charge on any atom is -0.328 e. The molecule has 0 unspecified atom stereocenters. The molecule has 1 aliphatic carbocycles. The summed E-state index contributed by atoms with van der Waals surface area (Å²) < 4.78 is 0. The lowest BCUT2D eigenvalue weighted by Crippen LogP contribution is -2.38. The van der Waals surface area contributed by atoms with Gasteiger partial charge in [0.25, 0.3) is 0 Å². The van der Waals surface area contributed by atoms with Gasteiger partial charge in [-0.05, 0) is 39.7 Å². The van der Waals surface area contributed by atoms with Gasteiger partial charge in [0, 0.05) is 29.7 Å². The van der Waals surface area contributed by atoms with Crippen molar-refractivity contribution in [3.63, 3.8) is 0 Å². The van der Waals surface area contributed by atoms with Gasteiger partial charge < -0.3 is 5.73 Å². The van der Waals surface area contributed by atoms with Crippen LogP contribution in [0.15, 0.2) is 6.20 Å². The van der Waals surface area contributed by atoms with Crippen molar-refractivity contribution in [1.82, 2.24) is 9.88 Å². The molecule has 2 N–H and O–H groups in total. The summed E-state index contributed by atoms with van der Waals surface area (Å²) in [6.45, 7) is 3.10. The number of hydrogen-bond acceptors (Lipinski definition) is 4. The molecule has 3 nitrogen and oxygen atoms in total. The molecule has 1 aliphatic rings. The van der Waals surface area contributed by atoms with Crippen LogP contribution in [-0.2, 0) is 6.54 Å². The van der Waals surface area contributed by atoms with Gasteiger partial charge in [-0.25, -0.2) is 4.98 Å². The Hall–Kier alpha value is -0.450. The zero-order chi connectivity index (χ0) is 11.5. The summed E-state index contributed by atoms with van der Waals surface area (Å²) in [5.41, 5.74) is 5.93. The highest BCUT2D eigenvalue weighted by atomic mass is 32.1. The van der Waals surface area contributed by atoms with Gasteiger partial charge in [-0.2, -0.15) is 0 Å². The van der Waals surface area contributed by atoms with E-state index in [0.717, 1.165) is 11.6 Å². The van der Waals surface area contributed by atoms with Crippen molar-refractivity contribution in [3.8, 4) is 0 Å². The first-order chi connectivity index (χ1) is 7.65. The van der Waals surface area contributed by atoms with Gasteiger partial charge >= 0.3 is 0 Å². The highest BCUT2D eigenvalue weighted by Crippen LogP contribution is 2.23. The molecule has 1 fully saturated rings. The maximum atomic E-state index is 5.93. The molecule has 90 valence electrons. The van der Waals surface area contributed by atoms with Gasteiger partial charge in [0.05, 0.1) is 5.01 Å². The topological polar surface area (TPSA) is 42.2 Å². The van der Waals surface area contributed by atoms with Crippen molar-refractivity contribution >= 4 is 11.3 Å². The predicted octanol–water partition coefficient (Wildman–Crippen LogP) is 2.15. The number of nitrogens with zero attached hydrogens (tertiary/aromatic N) is 2. The minimum absolute atomic E-state index is 0.440. The number of aryl methyl sites for hydroxylation is 1. The van der Waals surface area contributed by atoms with E-state index in [-0.39, 0.29) is 0 Å². The van der Waals surface area contributed by atoms with E-state index >= 15 is 0 Å². The molecular formula is C12H21N3S. The van der Waals surface area contributed by atoms with Crippen molar-refractivity contribution in [1.29, 1.82) is 0 Å². The first kappa shape index (κ1) is 12.0. The number of thiazole rings is 1. The molecule has 0 radical (unpaired) electrons. The van der Waals surface area contributed by atoms with Crippen molar-refractivity contribution < 1.29 is 0 Å². The van der Waals surface area contributed by atoms with E-state index in [2.05, 4.69) is 23.9 Å². The van der Waals surface area contributed by atoms with Crippen LogP contribution in [0.3, 0.4) is 0 Å². The Morgan fingerprint density at radius 2 is 2.12 bits per heavy atom. The molecule has 4 heteroatoms. The fourth-order valence-corrected chi connectivity index (χ4v) is 3.25. The van der Waals surface area contributed by atoms with Crippen LogP contribution in [0.1, 0.15) is 35.6 Å². The largest absolute Gasteiger partial charge is 0.328 e. The van der Waals surface area contributed by atoms with Gasteiger partial charge in [-0.1, -0.05) is 0 Å². The number of aromatic nitrogens is 1. The highest BCUT2D eigenvalue weighted by molar-refractivity contribution is 7.11.